The van der Waals surface area contributed by atoms with E-state index in [9.17, 15) is 9.59 Å². The molecule has 1 aliphatic rings. The van der Waals surface area contributed by atoms with Crippen LogP contribution in [0.2, 0.25) is 5.02 Å². The lowest BCUT2D eigenvalue weighted by molar-refractivity contribution is -0.146. The molecule has 4 nitrogen and oxygen atoms in total. The molecule has 19 heavy (non-hydrogen) atoms. The number of carbonyl (C=O) groups excluding carboxylic acids is 2. The number of likely N-dealkylation sites (tertiary alicyclic amines) is 1. The monoisotopic (exact) mass is 281 g/mol. The van der Waals surface area contributed by atoms with Gasteiger partial charge in [-0.1, -0.05) is 17.7 Å². The summed E-state index contributed by atoms with van der Waals surface area (Å²) in [7, 11) is 1.39. The van der Waals surface area contributed by atoms with Gasteiger partial charge in [0.25, 0.3) is 5.91 Å². The van der Waals surface area contributed by atoms with Gasteiger partial charge in [0.2, 0.25) is 0 Å². The van der Waals surface area contributed by atoms with Crippen molar-refractivity contribution in [1.82, 2.24) is 4.90 Å². The summed E-state index contributed by atoms with van der Waals surface area (Å²) in [6.45, 7) is 1.15. The molecule has 0 unspecified atom stereocenters. The average Bonchev–Trinajstić information content (AvgIpc) is 2.46. The summed E-state index contributed by atoms with van der Waals surface area (Å²) in [6, 6.07) is 6.91. The quantitative estimate of drug-likeness (QED) is 0.782. The average molecular weight is 282 g/mol. The minimum atomic E-state index is -0.185. The van der Waals surface area contributed by atoms with Crippen LogP contribution in [0.15, 0.2) is 24.3 Å². The zero-order valence-corrected chi connectivity index (χ0v) is 11.5. The molecule has 0 aliphatic carbocycles. The molecular weight excluding hydrogens is 266 g/mol. The van der Waals surface area contributed by atoms with Crippen molar-refractivity contribution in [2.24, 2.45) is 5.92 Å². The maximum Gasteiger partial charge on any atom is 0.308 e. The van der Waals surface area contributed by atoms with E-state index in [2.05, 4.69) is 0 Å². The van der Waals surface area contributed by atoms with Crippen molar-refractivity contribution in [3.63, 3.8) is 0 Å². The van der Waals surface area contributed by atoms with Crippen LogP contribution >= 0.6 is 11.6 Å². The lowest BCUT2D eigenvalue weighted by Gasteiger charge is -2.30. The summed E-state index contributed by atoms with van der Waals surface area (Å²) in [5, 5.41) is 0.551. The van der Waals surface area contributed by atoms with Crippen LogP contribution in [0.25, 0.3) is 0 Å². The van der Waals surface area contributed by atoms with Crippen LogP contribution in [0.1, 0.15) is 23.2 Å². The van der Waals surface area contributed by atoms with Gasteiger partial charge in [0, 0.05) is 23.7 Å². The third-order valence-corrected chi connectivity index (χ3v) is 3.62. The topological polar surface area (TPSA) is 46.6 Å². The van der Waals surface area contributed by atoms with E-state index in [0.717, 1.165) is 0 Å². The Hall–Kier alpha value is -1.55. The lowest BCUT2D eigenvalue weighted by Crippen LogP contribution is -2.40. The zero-order valence-electron chi connectivity index (χ0n) is 10.8. The number of piperidine rings is 1. The Kier molecular flexibility index (Phi) is 4.43. The fourth-order valence-corrected chi connectivity index (χ4v) is 2.48. The number of halogens is 1. The van der Waals surface area contributed by atoms with Gasteiger partial charge in [-0.3, -0.25) is 9.59 Å². The smallest absolute Gasteiger partial charge is 0.308 e. The van der Waals surface area contributed by atoms with Crippen LogP contribution < -0.4 is 0 Å². The Bertz CT molecular complexity index is 481. The Labute approximate surface area is 117 Å². The van der Waals surface area contributed by atoms with E-state index in [-0.39, 0.29) is 17.8 Å². The number of methoxy groups -OCH3 is 1. The van der Waals surface area contributed by atoms with Crippen LogP contribution in [0.3, 0.4) is 0 Å². The van der Waals surface area contributed by atoms with Crippen LogP contribution in [-0.2, 0) is 9.53 Å². The van der Waals surface area contributed by atoms with Gasteiger partial charge >= 0.3 is 5.97 Å². The largest absolute Gasteiger partial charge is 0.469 e. The van der Waals surface area contributed by atoms with Crippen molar-refractivity contribution in [3.05, 3.63) is 34.9 Å². The van der Waals surface area contributed by atoms with Crippen molar-refractivity contribution < 1.29 is 14.3 Å². The maximum atomic E-state index is 12.2. The summed E-state index contributed by atoms with van der Waals surface area (Å²) in [5.41, 5.74) is 0.587. The van der Waals surface area contributed by atoms with Crippen LogP contribution in [-0.4, -0.2) is 37.0 Å². The number of rotatable bonds is 2. The molecule has 0 bridgehead atoms. The molecule has 102 valence electrons. The van der Waals surface area contributed by atoms with Gasteiger partial charge in [-0.15, -0.1) is 0 Å². The van der Waals surface area contributed by atoms with Crippen molar-refractivity contribution in [2.45, 2.75) is 12.8 Å². The highest BCUT2D eigenvalue weighted by molar-refractivity contribution is 6.30. The van der Waals surface area contributed by atoms with Crippen molar-refractivity contribution in [3.8, 4) is 0 Å². The number of hydrogen-bond acceptors (Lipinski definition) is 3. The first-order valence-electron chi connectivity index (χ1n) is 6.24. The number of nitrogens with zero attached hydrogens (tertiary/aromatic N) is 1. The third kappa shape index (κ3) is 3.26. The lowest BCUT2D eigenvalue weighted by atomic mass is 9.96. The van der Waals surface area contributed by atoms with Gasteiger partial charge in [-0.25, -0.2) is 0 Å². The number of esters is 1. The Morgan fingerprint density at radius 3 is 2.58 bits per heavy atom. The highest BCUT2D eigenvalue weighted by atomic mass is 35.5. The Morgan fingerprint density at radius 1 is 1.32 bits per heavy atom. The number of ether oxygens (including phenoxy) is 1. The molecule has 1 amide bonds. The molecule has 0 N–H and O–H groups in total. The predicted octanol–water partition coefficient (Wildman–Crippen LogP) is 2.37. The van der Waals surface area contributed by atoms with Gasteiger partial charge < -0.3 is 9.64 Å². The molecule has 0 aromatic heterocycles. The van der Waals surface area contributed by atoms with E-state index in [1.54, 1.807) is 29.2 Å². The van der Waals surface area contributed by atoms with Crippen LogP contribution in [0.4, 0.5) is 0 Å². The molecule has 1 aliphatic heterocycles. The van der Waals surface area contributed by atoms with Crippen LogP contribution in [0, 0.1) is 5.92 Å². The standard InChI is InChI=1S/C14H16ClNO3/c1-19-14(18)10-5-7-16(8-6-10)13(17)11-3-2-4-12(15)9-11/h2-4,9-10H,5-8H2,1H3. The molecule has 1 saturated heterocycles. The zero-order chi connectivity index (χ0) is 13.8. The first kappa shape index (κ1) is 13.9. The van der Waals surface area contributed by atoms with Gasteiger partial charge in [0.1, 0.15) is 0 Å². The minimum Gasteiger partial charge on any atom is -0.469 e. The second-order valence-electron chi connectivity index (χ2n) is 4.60. The van der Waals surface area contributed by atoms with Crippen LogP contribution in [0.5, 0.6) is 0 Å². The highest BCUT2D eigenvalue weighted by Gasteiger charge is 2.28. The van der Waals surface area contributed by atoms with E-state index in [4.69, 9.17) is 16.3 Å². The number of hydrogen-bond donors (Lipinski definition) is 0. The molecule has 1 heterocycles. The summed E-state index contributed by atoms with van der Waals surface area (Å²) >= 11 is 5.88. The van der Waals surface area contributed by atoms with Gasteiger partial charge in [0.05, 0.1) is 13.0 Å². The van der Waals surface area contributed by atoms with E-state index in [1.165, 1.54) is 7.11 Å². The summed E-state index contributed by atoms with van der Waals surface area (Å²) < 4.78 is 4.73. The number of benzene rings is 1. The SMILES string of the molecule is COC(=O)C1CCN(C(=O)c2cccc(Cl)c2)CC1. The first-order chi connectivity index (χ1) is 9.11. The third-order valence-electron chi connectivity index (χ3n) is 3.39. The van der Waals surface area contributed by atoms with Gasteiger partial charge in [-0.05, 0) is 31.0 Å². The summed E-state index contributed by atoms with van der Waals surface area (Å²) in [4.78, 5) is 25.4. The molecule has 0 spiro atoms. The van der Waals surface area contributed by atoms with Gasteiger partial charge in [0.15, 0.2) is 0 Å². The molecular formula is C14H16ClNO3. The normalized spacial score (nSPS) is 16.2. The van der Waals surface area contributed by atoms with E-state index in [0.29, 0.717) is 36.5 Å². The van der Waals surface area contributed by atoms with E-state index >= 15 is 0 Å². The number of carbonyl (C=O) groups is 2. The number of amides is 1. The van der Waals surface area contributed by atoms with E-state index < -0.39 is 0 Å². The maximum absolute atomic E-state index is 12.2. The molecule has 0 saturated carbocycles. The van der Waals surface area contributed by atoms with Gasteiger partial charge in [-0.2, -0.15) is 0 Å². The van der Waals surface area contributed by atoms with Crippen molar-refractivity contribution in [1.29, 1.82) is 0 Å². The summed E-state index contributed by atoms with van der Waals surface area (Å²) in [6.07, 6.45) is 1.30. The minimum absolute atomic E-state index is 0.0363. The Balaban J connectivity index is 1.98. The molecule has 2 rings (SSSR count). The first-order valence-corrected chi connectivity index (χ1v) is 6.62. The molecule has 0 atom stereocenters. The van der Waals surface area contributed by atoms with Crippen molar-refractivity contribution >= 4 is 23.5 Å². The second kappa shape index (κ2) is 6.06. The molecule has 5 heteroatoms. The molecule has 1 fully saturated rings. The second-order valence-corrected chi connectivity index (χ2v) is 5.04. The Morgan fingerprint density at radius 2 is 2.00 bits per heavy atom. The molecule has 1 aromatic carbocycles. The highest BCUT2D eigenvalue weighted by Crippen LogP contribution is 2.21. The fraction of sp³-hybridized carbons (Fsp3) is 0.429. The summed E-state index contributed by atoms with van der Waals surface area (Å²) in [5.74, 6) is -0.311. The molecule has 0 radical (unpaired) electrons. The fourth-order valence-electron chi connectivity index (χ4n) is 2.29. The van der Waals surface area contributed by atoms with Crippen molar-refractivity contribution in [2.75, 3.05) is 20.2 Å². The molecule has 1 aromatic rings. The van der Waals surface area contributed by atoms with E-state index in [1.807, 2.05) is 0 Å². The predicted molar refractivity (Wildman–Crippen MR) is 72.1 cm³/mol.